The van der Waals surface area contributed by atoms with Crippen molar-refractivity contribution in [3.8, 4) is 0 Å². The van der Waals surface area contributed by atoms with E-state index >= 15 is 0 Å². The number of aliphatic hydroxyl groups is 1. The molecule has 7 nitrogen and oxygen atoms in total. The van der Waals surface area contributed by atoms with Crippen molar-refractivity contribution in [1.29, 1.82) is 0 Å². The van der Waals surface area contributed by atoms with Crippen molar-refractivity contribution in [3.63, 3.8) is 0 Å². The van der Waals surface area contributed by atoms with Crippen LogP contribution in [-0.4, -0.2) is 64.2 Å². The number of aromatic nitrogens is 2. The third-order valence-electron chi connectivity index (χ3n) is 5.03. The lowest BCUT2D eigenvalue weighted by molar-refractivity contribution is -0.197. The Morgan fingerprint density at radius 2 is 2.00 bits per heavy atom. The molecule has 0 bridgehead atoms. The normalized spacial score (nSPS) is 28.2. The SMILES string of the molecule is CSc1ncc(C(=O)N[C@]2(C)CCOC3(CCNCC3)[C@H]2O)cn1.Cl. The monoisotopic (exact) mass is 388 g/mol. The van der Waals surface area contributed by atoms with Crippen LogP contribution >= 0.6 is 24.2 Å². The van der Waals surface area contributed by atoms with E-state index < -0.39 is 17.2 Å². The maximum Gasteiger partial charge on any atom is 0.254 e. The Hall–Kier alpha value is -0.930. The van der Waals surface area contributed by atoms with Crippen LogP contribution in [0.5, 0.6) is 0 Å². The second kappa shape index (κ2) is 8.18. The van der Waals surface area contributed by atoms with Crippen LogP contribution in [0.2, 0.25) is 0 Å². The van der Waals surface area contributed by atoms with Crippen LogP contribution in [0.4, 0.5) is 0 Å². The molecule has 3 N–H and O–H groups in total. The first-order valence-electron chi connectivity index (χ1n) is 8.20. The molecule has 0 saturated carbocycles. The molecule has 9 heteroatoms. The van der Waals surface area contributed by atoms with Gasteiger partial charge in [-0.3, -0.25) is 4.79 Å². The number of thioether (sulfide) groups is 1. The van der Waals surface area contributed by atoms with Gasteiger partial charge in [-0.25, -0.2) is 9.97 Å². The number of nitrogens with zero attached hydrogens (tertiary/aromatic N) is 2. The molecule has 1 amide bonds. The van der Waals surface area contributed by atoms with Crippen molar-refractivity contribution in [2.75, 3.05) is 26.0 Å². The van der Waals surface area contributed by atoms with Crippen molar-refractivity contribution in [2.45, 2.75) is 48.6 Å². The Balaban J connectivity index is 0.00000225. The number of piperidine rings is 1. The van der Waals surface area contributed by atoms with E-state index in [1.807, 2.05) is 13.2 Å². The number of hydrogen-bond donors (Lipinski definition) is 3. The van der Waals surface area contributed by atoms with Gasteiger partial charge >= 0.3 is 0 Å². The number of hydrogen-bond acceptors (Lipinski definition) is 7. The van der Waals surface area contributed by atoms with Crippen LogP contribution in [0.3, 0.4) is 0 Å². The molecule has 1 aromatic rings. The van der Waals surface area contributed by atoms with Gasteiger partial charge in [-0.05, 0) is 45.5 Å². The topological polar surface area (TPSA) is 96.4 Å². The molecule has 3 rings (SSSR count). The van der Waals surface area contributed by atoms with Gasteiger partial charge in [0.15, 0.2) is 5.16 Å². The minimum absolute atomic E-state index is 0. The number of rotatable bonds is 3. The van der Waals surface area contributed by atoms with Crippen LogP contribution in [0, 0.1) is 0 Å². The lowest BCUT2D eigenvalue weighted by atomic mass is 9.73. The molecule has 2 atom stereocenters. The Bertz CT molecular complexity index is 592. The maximum atomic E-state index is 12.6. The fraction of sp³-hybridized carbons (Fsp3) is 0.688. The fourth-order valence-electron chi connectivity index (χ4n) is 3.53. The fourth-order valence-corrected chi connectivity index (χ4v) is 3.85. The number of carbonyl (C=O) groups excluding carboxylic acids is 1. The van der Waals surface area contributed by atoms with E-state index in [1.165, 1.54) is 24.2 Å². The van der Waals surface area contributed by atoms with E-state index in [0.717, 1.165) is 25.9 Å². The molecule has 140 valence electrons. The van der Waals surface area contributed by atoms with Crippen molar-refractivity contribution in [1.82, 2.24) is 20.6 Å². The molecule has 0 aromatic carbocycles. The summed E-state index contributed by atoms with van der Waals surface area (Å²) in [6, 6.07) is 0. The number of amides is 1. The van der Waals surface area contributed by atoms with E-state index in [0.29, 0.717) is 23.7 Å². The quantitative estimate of drug-likeness (QED) is 0.525. The second-order valence-electron chi connectivity index (χ2n) is 6.65. The number of ether oxygens (including phenoxy) is 1. The van der Waals surface area contributed by atoms with Crippen LogP contribution in [0.1, 0.15) is 36.5 Å². The molecule has 2 aliphatic heterocycles. The molecule has 0 aliphatic carbocycles. The molecule has 0 radical (unpaired) electrons. The molecular formula is C16H25ClN4O3S. The zero-order valence-corrected chi connectivity index (χ0v) is 16.1. The summed E-state index contributed by atoms with van der Waals surface area (Å²) >= 11 is 1.42. The Labute approximate surface area is 158 Å². The number of halogens is 1. The summed E-state index contributed by atoms with van der Waals surface area (Å²) in [4.78, 5) is 20.8. The number of aliphatic hydroxyl groups excluding tert-OH is 1. The maximum absolute atomic E-state index is 12.6. The lowest BCUT2D eigenvalue weighted by Gasteiger charge is -2.52. The van der Waals surface area contributed by atoms with Gasteiger partial charge in [0.1, 0.15) is 6.10 Å². The van der Waals surface area contributed by atoms with E-state index in [2.05, 4.69) is 20.6 Å². The second-order valence-corrected chi connectivity index (χ2v) is 7.42. The van der Waals surface area contributed by atoms with Gasteiger partial charge in [-0.2, -0.15) is 0 Å². The molecule has 1 spiro atoms. The van der Waals surface area contributed by atoms with E-state index in [9.17, 15) is 9.90 Å². The highest BCUT2D eigenvalue weighted by Gasteiger charge is 2.53. The summed E-state index contributed by atoms with van der Waals surface area (Å²) in [5, 5.41) is 17.9. The molecule has 0 unspecified atom stereocenters. The number of carbonyl (C=O) groups is 1. The molecule has 1 aromatic heterocycles. The van der Waals surface area contributed by atoms with Gasteiger partial charge in [0.05, 0.1) is 16.7 Å². The molecule has 25 heavy (non-hydrogen) atoms. The standard InChI is InChI=1S/C16H24N4O3S.ClH/c1-15(20-12(21)11-9-18-14(24-2)19-10-11)5-8-23-16(13(15)22)3-6-17-7-4-16;/h9-10,13,17,22H,3-8H2,1-2H3,(H,20,21);1H/t13-,15+;/m0./s1. The first-order chi connectivity index (χ1) is 11.5. The average Bonchev–Trinajstić information content (AvgIpc) is 2.61. The van der Waals surface area contributed by atoms with Crippen molar-refractivity contribution < 1.29 is 14.6 Å². The summed E-state index contributed by atoms with van der Waals surface area (Å²) < 4.78 is 5.96. The molecule has 3 heterocycles. The molecule has 2 saturated heterocycles. The predicted octanol–water partition coefficient (Wildman–Crippen LogP) is 1.01. The molecular weight excluding hydrogens is 364 g/mol. The minimum atomic E-state index is -0.754. The smallest absolute Gasteiger partial charge is 0.254 e. The zero-order chi connectivity index (χ0) is 17.2. The lowest BCUT2D eigenvalue weighted by Crippen LogP contribution is -2.69. The summed E-state index contributed by atoms with van der Waals surface area (Å²) in [6.45, 7) is 4.03. The van der Waals surface area contributed by atoms with Gasteiger partial charge < -0.3 is 20.5 Å². The van der Waals surface area contributed by atoms with E-state index in [1.54, 1.807) is 0 Å². The third kappa shape index (κ3) is 4.09. The summed E-state index contributed by atoms with van der Waals surface area (Å²) in [5.74, 6) is -0.268. The van der Waals surface area contributed by atoms with Crippen LogP contribution in [0.15, 0.2) is 17.6 Å². The van der Waals surface area contributed by atoms with Gasteiger partial charge in [-0.1, -0.05) is 11.8 Å². The average molecular weight is 389 g/mol. The van der Waals surface area contributed by atoms with Crippen LogP contribution in [0.25, 0.3) is 0 Å². The summed E-state index contributed by atoms with van der Waals surface area (Å²) in [7, 11) is 0. The first-order valence-corrected chi connectivity index (χ1v) is 9.43. The van der Waals surface area contributed by atoms with Crippen molar-refractivity contribution in [3.05, 3.63) is 18.0 Å². The highest BCUT2D eigenvalue weighted by molar-refractivity contribution is 7.98. The van der Waals surface area contributed by atoms with Gasteiger partial charge in [0.25, 0.3) is 5.91 Å². The summed E-state index contributed by atoms with van der Waals surface area (Å²) in [5.41, 5.74) is -0.914. The van der Waals surface area contributed by atoms with Crippen molar-refractivity contribution in [2.24, 2.45) is 0 Å². The highest BCUT2D eigenvalue weighted by atomic mass is 35.5. The molecule has 2 aliphatic rings. The van der Waals surface area contributed by atoms with Gasteiger partial charge in [0, 0.05) is 19.0 Å². The third-order valence-corrected chi connectivity index (χ3v) is 5.61. The Morgan fingerprint density at radius 3 is 2.60 bits per heavy atom. The zero-order valence-electron chi connectivity index (χ0n) is 14.4. The van der Waals surface area contributed by atoms with Crippen molar-refractivity contribution >= 4 is 30.1 Å². The van der Waals surface area contributed by atoms with Gasteiger partial charge in [0.2, 0.25) is 0 Å². The number of nitrogens with one attached hydrogen (secondary N) is 2. The molecule has 2 fully saturated rings. The minimum Gasteiger partial charge on any atom is -0.388 e. The van der Waals surface area contributed by atoms with Gasteiger partial charge in [-0.15, -0.1) is 12.4 Å². The Morgan fingerprint density at radius 1 is 1.36 bits per heavy atom. The summed E-state index contributed by atoms with van der Waals surface area (Å²) in [6.07, 6.45) is 6.21. The highest BCUT2D eigenvalue weighted by Crippen LogP contribution is 2.38. The first kappa shape index (κ1) is 20.4. The van der Waals surface area contributed by atoms with Crippen LogP contribution < -0.4 is 10.6 Å². The predicted molar refractivity (Wildman–Crippen MR) is 98.3 cm³/mol. The largest absolute Gasteiger partial charge is 0.388 e. The van der Waals surface area contributed by atoms with E-state index in [-0.39, 0.29) is 18.3 Å². The van der Waals surface area contributed by atoms with E-state index in [4.69, 9.17) is 4.74 Å². The Kier molecular flexibility index (Phi) is 6.67. The van der Waals surface area contributed by atoms with Crippen LogP contribution in [-0.2, 0) is 4.74 Å².